The van der Waals surface area contributed by atoms with Crippen molar-refractivity contribution in [1.29, 1.82) is 0 Å². The van der Waals surface area contributed by atoms with E-state index in [1.165, 1.54) is 42.0 Å². The number of fused-ring (bicyclic) bond motifs is 4. The van der Waals surface area contributed by atoms with Crippen LogP contribution in [0.2, 0.25) is 0 Å². The van der Waals surface area contributed by atoms with E-state index < -0.39 is 22.8 Å². The normalized spacial score (nSPS) is 17.9. The molecule has 8 fully saturated rings. The third kappa shape index (κ3) is 21.5. The van der Waals surface area contributed by atoms with Gasteiger partial charge in [0.2, 0.25) is 0 Å². The fraction of sp³-hybridized carbons (Fsp3) is 0.363. The summed E-state index contributed by atoms with van der Waals surface area (Å²) in [6.07, 6.45) is 22.7. The highest BCUT2D eigenvalue weighted by Crippen LogP contribution is 2.37. The zero-order valence-corrected chi connectivity index (χ0v) is 72.5. The van der Waals surface area contributed by atoms with Gasteiger partial charge < -0.3 is 59.4 Å². The largest absolute Gasteiger partial charge is 0.464 e. The van der Waals surface area contributed by atoms with Crippen LogP contribution in [0.1, 0.15) is 157 Å². The van der Waals surface area contributed by atoms with E-state index in [4.69, 9.17) is 28.9 Å². The first-order chi connectivity index (χ1) is 61.1. The Bertz CT molecular complexity index is 5970. The number of aromatic nitrogens is 20. The summed E-state index contributed by atoms with van der Waals surface area (Å²) in [7, 11) is 1.32. The van der Waals surface area contributed by atoms with Gasteiger partial charge in [0.05, 0.1) is 68.6 Å². The smallest absolute Gasteiger partial charge is 0.358 e. The highest BCUT2D eigenvalue weighted by molar-refractivity contribution is 6.05. The predicted octanol–water partition coefficient (Wildman–Crippen LogP) is 9.85. The molecule has 0 saturated carbocycles. The number of piperazine rings is 2. The van der Waals surface area contributed by atoms with Crippen LogP contribution in [0.25, 0.3) is 46.0 Å². The van der Waals surface area contributed by atoms with E-state index in [2.05, 4.69) is 143 Å². The number of esters is 1. The minimum atomic E-state index is -0.995. The van der Waals surface area contributed by atoms with Crippen molar-refractivity contribution in [2.24, 2.45) is 4.99 Å². The van der Waals surface area contributed by atoms with Gasteiger partial charge in [0.1, 0.15) is 40.1 Å². The molecular weight excluding hydrogens is 1620 g/mol. The number of nitrogens with one attached hydrogen (secondary N) is 3. The number of hydrogen-bond acceptors (Lipinski definition) is 31. The van der Waals surface area contributed by atoms with Gasteiger partial charge in [0.25, 0.3) is 0 Å². The van der Waals surface area contributed by atoms with Crippen LogP contribution in [0.4, 0.5) is 17.5 Å². The molecule has 9 aliphatic heterocycles. The Labute approximate surface area is 733 Å². The molecule has 0 spiro atoms. The summed E-state index contributed by atoms with van der Waals surface area (Å²) in [5, 5.41) is 61.3. The van der Waals surface area contributed by atoms with Gasteiger partial charge in [-0.2, -0.15) is 25.5 Å². The summed E-state index contributed by atoms with van der Waals surface area (Å²) in [4.78, 5) is 79.2. The summed E-state index contributed by atoms with van der Waals surface area (Å²) >= 11 is 0. The van der Waals surface area contributed by atoms with Crippen molar-refractivity contribution in [2.75, 3.05) is 81.4 Å². The maximum atomic E-state index is 11.3. The lowest BCUT2D eigenvalue weighted by Gasteiger charge is -2.56. The van der Waals surface area contributed by atoms with E-state index in [1.807, 2.05) is 94.0 Å². The topological polar surface area (TPSA) is 416 Å². The summed E-state index contributed by atoms with van der Waals surface area (Å²) in [6.45, 7) is 26.3. The third-order valence-electron chi connectivity index (χ3n) is 22.0. The number of aliphatic hydroxyl groups is 3. The molecule has 8 saturated heterocycles. The second kappa shape index (κ2) is 37.9. The first kappa shape index (κ1) is 87.2. The average molecular weight is 1720 g/mol. The Morgan fingerprint density at radius 3 is 1.58 bits per heavy atom. The van der Waals surface area contributed by atoms with Gasteiger partial charge in [0, 0.05) is 176 Å². The van der Waals surface area contributed by atoms with E-state index in [1.54, 1.807) is 129 Å². The molecule has 36 heteroatoms. The molecule has 0 amide bonds. The molecule has 0 radical (unpaired) electrons. The number of carbonyl (C=O) groups excluding carboxylic acids is 2. The molecule has 4 bridgehead atoms. The van der Waals surface area contributed by atoms with Gasteiger partial charge in [0.15, 0.2) is 59.5 Å². The summed E-state index contributed by atoms with van der Waals surface area (Å²) in [5.41, 5.74) is 10.5. The minimum Gasteiger partial charge on any atom is -0.464 e. The molecule has 36 nitrogen and oxygen atoms in total. The van der Waals surface area contributed by atoms with E-state index in [0.717, 1.165) is 120 Å². The van der Waals surface area contributed by atoms with Crippen LogP contribution in [0.3, 0.4) is 0 Å². The third-order valence-corrected chi connectivity index (χ3v) is 22.0. The number of nitrogens with zero attached hydrogens (tertiary/aromatic N) is 23. The number of H-pyrrole nitrogens is 1. The van der Waals surface area contributed by atoms with Crippen LogP contribution in [-0.2, 0) is 53.5 Å². The van der Waals surface area contributed by atoms with Gasteiger partial charge in [-0.15, -0.1) is 0 Å². The SMILES string of the molecule is CC(C)(O)c1ccn(-c2ccc(C3OCCO3)cn2)n1.CC(C)(O)c1ccn(-c2ccc(C=O)cn2)n1.CC1=CC(Nc2cc(C)nc(-c3ccc(N4CC5CC(C4)N5)nc3)n2)=NC1.COC(=O)c1ccn(-c2ccc(C3OCCO3)cn2)n1.Cc1cc(Cc2cc(C)[nH]n2)nc(-c2ccc(N3CC4CC(C3)N4Cc3ccc(-n4nccc4C(C)(C)O)nc3)nc2)n1. The fourth-order valence-corrected chi connectivity index (χ4v) is 15.4. The average Bonchev–Trinajstić information content (AvgIpc) is 1.75. The van der Waals surface area contributed by atoms with Crippen molar-refractivity contribution in [1.82, 2.24) is 109 Å². The first-order valence-electron chi connectivity index (χ1n) is 42.0. The molecule has 13 aromatic rings. The molecule has 22 rings (SSSR count). The number of anilines is 3. The molecular formula is C91H102N26O10. The second-order valence-corrected chi connectivity index (χ2v) is 33.6. The fourth-order valence-electron chi connectivity index (χ4n) is 15.4. The number of rotatable bonds is 20. The molecule has 13 aromatic heterocycles. The van der Waals surface area contributed by atoms with E-state index >= 15 is 0 Å². The van der Waals surface area contributed by atoms with Crippen molar-refractivity contribution in [3.8, 4) is 46.0 Å². The Kier molecular flexibility index (Phi) is 26.0. The standard InChI is InChI=1S/C32H36N10O.C20H23N7.C14H17N3O3.C13H13N3O4.C12H13N3O2/c1-20-11-24(13-25-12-21(2)38-39-25)37-31(36-20)23-6-8-29(34-16-23)40-18-26-14-27(19-40)41(26)17-22-5-7-30(33-15-22)42-28(9-10-35-42)32(3,4)43;1-12-5-17(21-8-12)25-18-6-13(2)23-20(26-18)14-3-4-19(22-9-14)27-10-15-7-16(11-27)24-15;1-14(2,18)11-5-6-17(16-11)12-4-3-10(9-15-12)13-19-7-8-20-13;1-18-12(17)10-4-5-16(15-10)11-3-2-9(8-14-11)13-19-6-7-20-13;1-12(2,17)10-5-6-15(14-10)11-4-3-9(8-16)7-13-11/h5-12,15-16,26-27,43H,13-14,17-19H2,1-4H3,(H,38,39);3-6,9,15-16,24H,7-8,10-11H2,1-2H3,(H,21,23,25,26);3-6,9,13,18H,7-8H2,1-2H3;2-5,8,13H,6-7H2,1H3;3-8,17H,1-2H3. The number of hydrogen-bond donors (Lipinski definition) is 6. The van der Waals surface area contributed by atoms with Crippen LogP contribution >= 0.6 is 0 Å². The second-order valence-electron chi connectivity index (χ2n) is 33.6. The number of piperidine rings is 2. The van der Waals surface area contributed by atoms with E-state index in [9.17, 15) is 24.9 Å². The van der Waals surface area contributed by atoms with E-state index in [-0.39, 0.29) is 18.3 Å². The number of aldehydes is 1. The molecule has 9 aliphatic rings. The molecule has 4 unspecified atom stereocenters. The van der Waals surface area contributed by atoms with Crippen molar-refractivity contribution >= 4 is 35.5 Å². The highest BCUT2D eigenvalue weighted by atomic mass is 16.7. The van der Waals surface area contributed by atoms with Gasteiger partial charge in [-0.25, -0.2) is 73.4 Å². The molecule has 0 aliphatic carbocycles. The van der Waals surface area contributed by atoms with Gasteiger partial charge in [-0.05, 0) is 202 Å². The van der Waals surface area contributed by atoms with Gasteiger partial charge >= 0.3 is 5.97 Å². The lowest BCUT2D eigenvalue weighted by molar-refractivity contribution is -0.0445. The predicted molar refractivity (Wildman–Crippen MR) is 470 cm³/mol. The van der Waals surface area contributed by atoms with Crippen molar-refractivity contribution < 1.29 is 48.6 Å². The number of pyridine rings is 6. The van der Waals surface area contributed by atoms with Gasteiger partial charge in [-0.1, -0.05) is 6.07 Å². The number of methoxy groups -OCH3 is 1. The highest BCUT2D eigenvalue weighted by Gasteiger charge is 2.45. The quantitative estimate of drug-likeness (QED) is 0.0305. The van der Waals surface area contributed by atoms with Crippen LogP contribution < -0.4 is 20.4 Å². The van der Waals surface area contributed by atoms with E-state index in [0.29, 0.717) is 115 Å². The van der Waals surface area contributed by atoms with Crippen LogP contribution in [0.5, 0.6) is 0 Å². The Morgan fingerprint density at radius 1 is 0.559 bits per heavy atom. The molecule has 0 aromatic carbocycles. The Morgan fingerprint density at radius 2 is 1.09 bits per heavy atom. The zero-order chi connectivity index (χ0) is 88.7. The van der Waals surface area contributed by atoms with Crippen LogP contribution in [0, 0.1) is 20.8 Å². The zero-order valence-electron chi connectivity index (χ0n) is 72.5. The summed E-state index contributed by atoms with van der Waals surface area (Å²) in [5.74, 6) is 7.11. The van der Waals surface area contributed by atoms with Crippen LogP contribution in [0.15, 0.2) is 194 Å². The molecule has 4 atom stereocenters. The van der Waals surface area contributed by atoms with Crippen LogP contribution in [-0.4, -0.2) is 228 Å². The number of carbonyl (C=O) groups is 2. The number of aromatic amines is 1. The molecule has 22 heterocycles. The van der Waals surface area contributed by atoms with Crippen molar-refractivity contribution in [2.45, 2.75) is 149 Å². The molecule has 127 heavy (non-hydrogen) atoms. The van der Waals surface area contributed by atoms with Gasteiger partial charge in [-0.3, -0.25) is 19.8 Å². The number of ether oxygens (including phenoxy) is 5. The lowest BCUT2D eigenvalue weighted by Crippen LogP contribution is -2.68. The van der Waals surface area contributed by atoms with Crippen molar-refractivity contribution in [3.05, 3.63) is 262 Å². The van der Waals surface area contributed by atoms with Crippen molar-refractivity contribution in [3.63, 3.8) is 0 Å². The maximum absolute atomic E-state index is 11.3. The number of amidine groups is 1. The number of aryl methyl sites for hydroxylation is 3. The molecule has 6 N–H and O–H groups in total. The summed E-state index contributed by atoms with van der Waals surface area (Å²) in [6, 6.07) is 38.3. The minimum absolute atomic E-state index is 0.237. The monoisotopic (exact) mass is 1720 g/mol. The first-order valence-corrected chi connectivity index (χ1v) is 42.0. The Hall–Kier alpha value is -13.3. The lowest BCUT2D eigenvalue weighted by atomic mass is 9.87. The molecule has 656 valence electrons. The summed E-state index contributed by atoms with van der Waals surface area (Å²) < 4.78 is 32.6. The maximum Gasteiger partial charge on any atom is 0.358 e. The number of aliphatic imine (C=N–C) groups is 1. The Balaban J connectivity index is 0.000000123.